The zero-order valence-corrected chi connectivity index (χ0v) is 9.81. The van der Waals surface area contributed by atoms with Crippen molar-refractivity contribution in [2.24, 2.45) is 0 Å². The molecular formula is C12H16N2O3. The number of carbonyl (C=O) groups excluding carboxylic acids is 2. The van der Waals surface area contributed by atoms with Gasteiger partial charge in [0.25, 0.3) is 5.91 Å². The summed E-state index contributed by atoms with van der Waals surface area (Å²) in [7, 11) is 0. The summed E-state index contributed by atoms with van der Waals surface area (Å²) < 4.78 is 4.94. The Morgan fingerprint density at radius 3 is 2.88 bits per heavy atom. The standard InChI is InChI=1S/C12H16N2O3/c1-3-7-14(10(2)15)8-6-13-12(16)11-5-4-9-17-11/h3-5,9H,1,6-8H2,2H3,(H,13,16). The Balaban J connectivity index is 2.33. The zero-order chi connectivity index (χ0) is 12.7. The Kier molecular flexibility index (Phi) is 5.00. The van der Waals surface area contributed by atoms with Crippen molar-refractivity contribution in [3.63, 3.8) is 0 Å². The van der Waals surface area contributed by atoms with Gasteiger partial charge >= 0.3 is 0 Å². The minimum atomic E-state index is -0.280. The SMILES string of the molecule is C=CCN(CCNC(=O)c1ccco1)C(C)=O. The van der Waals surface area contributed by atoms with Crippen LogP contribution in [0.25, 0.3) is 0 Å². The van der Waals surface area contributed by atoms with Crippen LogP contribution in [0.2, 0.25) is 0 Å². The van der Waals surface area contributed by atoms with Crippen molar-refractivity contribution in [3.8, 4) is 0 Å². The third kappa shape index (κ3) is 4.14. The minimum absolute atomic E-state index is 0.0443. The van der Waals surface area contributed by atoms with Crippen LogP contribution in [0.4, 0.5) is 0 Å². The summed E-state index contributed by atoms with van der Waals surface area (Å²) in [6, 6.07) is 3.23. The lowest BCUT2D eigenvalue weighted by Crippen LogP contribution is -2.37. The van der Waals surface area contributed by atoms with Gasteiger partial charge in [0.05, 0.1) is 6.26 Å². The lowest BCUT2D eigenvalue weighted by molar-refractivity contribution is -0.128. The second-order valence-corrected chi connectivity index (χ2v) is 3.49. The number of amides is 2. The van der Waals surface area contributed by atoms with E-state index in [0.29, 0.717) is 19.6 Å². The molecule has 0 aromatic carbocycles. The second kappa shape index (κ2) is 6.52. The van der Waals surface area contributed by atoms with Gasteiger partial charge in [0.15, 0.2) is 5.76 Å². The van der Waals surface area contributed by atoms with E-state index in [0.717, 1.165) is 0 Å². The molecule has 5 nitrogen and oxygen atoms in total. The van der Waals surface area contributed by atoms with Gasteiger partial charge in [-0.3, -0.25) is 9.59 Å². The molecule has 1 rings (SSSR count). The van der Waals surface area contributed by atoms with Gasteiger partial charge < -0.3 is 14.6 Å². The molecule has 0 saturated carbocycles. The molecule has 0 radical (unpaired) electrons. The van der Waals surface area contributed by atoms with E-state index >= 15 is 0 Å². The molecule has 1 aromatic heterocycles. The summed E-state index contributed by atoms with van der Waals surface area (Å²) >= 11 is 0. The van der Waals surface area contributed by atoms with E-state index in [2.05, 4.69) is 11.9 Å². The molecule has 0 spiro atoms. The topological polar surface area (TPSA) is 62.6 Å². The summed E-state index contributed by atoms with van der Waals surface area (Å²) in [5, 5.41) is 2.67. The van der Waals surface area contributed by atoms with Gasteiger partial charge in [0.1, 0.15) is 0 Å². The van der Waals surface area contributed by atoms with Crippen LogP contribution < -0.4 is 5.32 Å². The molecule has 0 aliphatic heterocycles. The number of rotatable bonds is 6. The smallest absolute Gasteiger partial charge is 0.287 e. The summed E-state index contributed by atoms with van der Waals surface area (Å²) in [6.07, 6.45) is 3.09. The fourth-order valence-electron chi connectivity index (χ4n) is 1.33. The molecule has 1 aromatic rings. The average molecular weight is 236 g/mol. The van der Waals surface area contributed by atoms with Gasteiger partial charge in [-0.2, -0.15) is 0 Å². The van der Waals surface area contributed by atoms with E-state index in [9.17, 15) is 9.59 Å². The Labute approximate surface area is 100 Å². The van der Waals surface area contributed by atoms with Crippen molar-refractivity contribution in [1.82, 2.24) is 10.2 Å². The Morgan fingerprint density at radius 1 is 1.59 bits per heavy atom. The summed E-state index contributed by atoms with van der Waals surface area (Å²) in [6.45, 7) is 6.37. The Morgan fingerprint density at radius 2 is 2.35 bits per heavy atom. The molecule has 0 aliphatic carbocycles. The average Bonchev–Trinajstić information content (AvgIpc) is 2.81. The van der Waals surface area contributed by atoms with Crippen molar-refractivity contribution in [1.29, 1.82) is 0 Å². The van der Waals surface area contributed by atoms with Crippen LogP contribution >= 0.6 is 0 Å². The van der Waals surface area contributed by atoms with Crippen LogP contribution in [0, 0.1) is 0 Å². The fourth-order valence-corrected chi connectivity index (χ4v) is 1.33. The first kappa shape index (κ1) is 13.0. The molecular weight excluding hydrogens is 220 g/mol. The number of carbonyl (C=O) groups is 2. The van der Waals surface area contributed by atoms with E-state index in [1.54, 1.807) is 23.1 Å². The molecule has 17 heavy (non-hydrogen) atoms. The van der Waals surface area contributed by atoms with Gasteiger partial charge in [-0.1, -0.05) is 6.08 Å². The summed E-state index contributed by atoms with van der Waals surface area (Å²) in [5.74, 6) is -0.0580. The van der Waals surface area contributed by atoms with Gasteiger partial charge in [-0.25, -0.2) is 0 Å². The Hall–Kier alpha value is -2.04. The molecule has 0 atom stereocenters. The van der Waals surface area contributed by atoms with E-state index in [4.69, 9.17) is 4.42 Å². The lowest BCUT2D eigenvalue weighted by Gasteiger charge is -2.18. The predicted octanol–water partition coefficient (Wildman–Crippen LogP) is 1.04. The maximum absolute atomic E-state index is 11.5. The fraction of sp³-hybridized carbons (Fsp3) is 0.333. The van der Waals surface area contributed by atoms with Gasteiger partial charge in [0, 0.05) is 26.6 Å². The molecule has 5 heteroatoms. The van der Waals surface area contributed by atoms with Gasteiger partial charge in [-0.05, 0) is 12.1 Å². The van der Waals surface area contributed by atoms with Gasteiger partial charge in [0.2, 0.25) is 5.91 Å². The number of hydrogen-bond acceptors (Lipinski definition) is 3. The zero-order valence-electron chi connectivity index (χ0n) is 9.81. The van der Waals surface area contributed by atoms with E-state index in [1.165, 1.54) is 13.2 Å². The molecule has 2 amide bonds. The van der Waals surface area contributed by atoms with Crippen LogP contribution in [-0.4, -0.2) is 36.3 Å². The van der Waals surface area contributed by atoms with E-state index in [1.807, 2.05) is 0 Å². The van der Waals surface area contributed by atoms with Crippen LogP contribution in [-0.2, 0) is 4.79 Å². The largest absolute Gasteiger partial charge is 0.459 e. The second-order valence-electron chi connectivity index (χ2n) is 3.49. The molecule has 0 bridgehead atoms. The third-order valence-electron chi connectivity index (χ3n) is 2.21. The highest BCUT2D eigenvalue weighted by Gasteiger charge is 2.09. The van der Waals surface area contributed by atoms with Crippen molar-refractivity contribution >= 4 is 11.8 Å². The number of nitrogens with zero attached hydrogens (tertiary/aromatic N) is 1. The molecule has 92 valence electrons. The van der Waals surface area contributed by atoms with Crippen molar-refractivity contribution in [3.05, 3.63) is 36.8 Å². The molecule has 0 aliphatic rings. The molecule has 1 N–H and O–H groups in total. The van der Waals surface area contributed by atoms with Crippen molar-refractivity contribution in [2.45, 2.75) is 6.92 Å². The van der Waals surface area contributed by atoms with E-state index < -0.39 is 0 Å². The van der Waals surface area contributed by atoms with Gasteiger partial charge in [-0.15, -0.1) is 6.58 Å². The maximum Gasteiger partial charge on any atom is 0.287 e. The highest BCUT2D eigenvalue weighted by molar-refractivity contribution is 5.91. The quantitative estimate of drug-likeness (QED) is 0.751. The van der Waals surface area contributed by atoms with Crippen molar-refractivity contribution < 1.29 is 14.0 Å². The van der Waals surface area contributed by atoms with E-state index in [-0.39, 0.29) is 17.6 Å². The molecule has 1 heterocycles. The monoisotopic (exact) mass is 236 g/mol. The van der Waals surface area contributed by atoms with Crippen LogP contribution in [0.5, 0.6) is 0 Å². The first-order chi connectivity index (χ1) is 8.15. The first-order valence-electron chi connectivity index (χ1n) is 5.33. The normalized spacial score (nSPS) is 9.71. The number of hydrogen-bond donors (Lipinski definition) is 1. The molecule has 0 saturated heterocycles. The summed E-state index contributed by atoms with van der Waals surface area (Å²) in [5.41, 5.74) is 0. The molecule has 0 unspecified atom stereocenters. The molecule has 0 fully saturated rings. The van der Waals surface area contributed by atoms with Crippen molar-refractivity contribution in [2.75, 3.05) is 19.6 Å². The lowest BCUT2D eigenvalue weighted by atomic mass is 10.4. The van der Waals surface area contributed by atoms with Crippen LogP contribution in [0.1, 0.15) is 17.5 Å². The summed E-state index contributed by atoms with van der Waals surface area (Å²) in [4.78, 5) is 24.3. The highest BCUT2D eigenvalue weighted by Crippen LogP contribution is 1.98. The van der Waals surface area contributed by atoms with Crippen LogP contribution in [0.15, 0.2) is 35.5 Å². The number of furan rings is 1. The predicted molar refractivity (Wildman–Crippen MR) is 63.5 cm³/mol. The number of nitrogens with one attached hydrogen (secondary N) is 1. The third-order valence-corrected chi connectivity index (χ3v) is 2.21. The first-order valence-corrected chi connectivity index (χ1v) is 5.33. The van der Waals surface area contributed by atoms with Crippen LogP contribution in [0.3, 0.4) is 0 Å². The Bertz CT molecular complexity index is 384. The maximum atomic E-state index is 11.5. The minimum Gasteiger partial charge on any atom is -0.459 e. The highest BCUT2D eigenvalue weighted by atomic mass is 16.3.